The van der Waals surface area contributed by atoms with E-state index in [2.05, 4.69) is 246 Å². The molecule has 0 aliphatic carbocycles. The number of fused-ring (bicyclic) bond motifs is 10. The number of benzene rings is 10. The first-order valence-electron chi connectivity index (χ1n) is 22.0. The monoisotopic (exact) mass is 832 g/mol. The van der Waals surface area contributed by atoms with Crippen LogP contribution in [-0.4, -0.2) is 17.2 Å². The van der Waals surface area contributed by atoms with E-state index in [1.54, 1.807) is 0 Å². The van der Waals surface area contributed by atoms with Crippen LogP contribution in [0.25, 0.3) is 88.1 Å². The van der Waals surface area contributed by atoms with Crippen LogP contribution in [0.5, 0.6) is 0 Å². The molecule has 0 unspecified atom stereocenters. The first kappa shape index (κ1) is 36.5. The molecule has 64 heavy (non-hydrogen) atoms. The maximum absolute atomic E-state index is 6.38. The Bertz CT molecular complexity index is 3830. The highest BCUT2D eigenvalue weighted by atomic mass is 28.3. The summed E-state index contributed by atoms with van der Waals surface area (Å²) >= 11 is 0. The lowest BCUT2D eigenvalue weighted by Gasteiger charge is -2.34. The van der Waals surface area contributed by atoms with Crippen LogP contribution >= 0.6 is 0 Å². The average Bonchev–Trinajstić information content (AvgIpc) is 4.03. The molecule has 0 saturated carbocycles. The molecule has 0 bridgehead atoms. The number of furan rings is 1. The molecule has 0 spiro atoms. The highest BCUT2D eigenvalue weighted by Gasteiger charge is 2.41. The fraction of sp³-hybridized carbons (Fsp3) is 0. The van der Waals surface area contributed by atoms with Gasteiger partial charge in [-0.05, 0) is 98.6 Å². The third-order valence-electron chi connectivity index (χ3n) is 13.5. The van der Waals surface area contributed by atoms with Crippen molar-refractivity contribution in [2.45, 2.75) is 0 Å². The Hall–Kier alpha value is -8.18. The topological polar surface area (TPSA) is 23.0 Å². The van der Waals surface area contributed by atoms with Gasteiger partial charge in [-0.15, -0.1) is 0 Å². The van der Waals surface area contributed by atoms with Crippen LogP contribution in [0, 0.1) is 0 Å². The molecule has 0 radical (unpaired) electrons. The van der Waals surface area contributed by atoms with Gasteiger partial charge in [-0.25, -0.2) is 0 Å². The summed E-state index contributed by atoms with van der Waals surface area (Å²) in [5.41, 5.74) is 11.3. The van der Waals surface area contributed by atoms with Gasteiger partial charge in [0.25, 0.3) is 0 Å². The molecule has 0 N–H and O–H groups in total. The highest BCUT2D eigenvalue weighted by Crippen LogP contribution is 2.41. The van der Waals surface area contributed by atoms with Gasteiger partial charge in [-0.2, -0.15) is 0 Å². The largest absolute Gasteiger partial charge is 0.456 e. The number of para-hydroxylation sites is 4. The number of nitrogens with zero attached hydrogens (tertiary/aromatic N) is 2. The lowest BCUT2D eigenvalue weighted by Crippen LogP contribution is -2.74. The van der Waals surface area contributed by atoms with Crippen molar-refractivity contribution in [2.75, 3.05) is 0 Å². The summed E-state index contributed by atoms with van der Waals surface area (Å²) in [6.45, 7) is 0. The summed E-state index contributed by atoms with van der Waals surface area (Å²) in [6, 6.07) is 89.2. The second kappa shape index (κ2) is 14.5. The van der Waals surface area contributed by atoms with Crippen LogP contribution in [0.4, 0.5) is 0 Å². The van der Waals surface area contributed by atoms with E-state index in [0.29, 0.717) is 0 Å². The maximum Gasteiger partial charge on any atom is 0.179 e. The Morgan fingerprint density at radius 1 is 0.281 bits per heavy atom. The molecule has 0 atom stereocenters. The van der Waals surface area contributed by atoms with Crippen LogP contribution in [0.2, 0.25) is 0 Å². The van der Waals surface area contributed by atoms with Crippen LogP contribution in [0.3, 0.4) is 0 Å². The third kappa shape index (κ3) is 5.39. The van der Waals surface area contributed by atoms with Crippen molar-refractivity contribution in [3.63, 3.8) is 0 Å². The minimum Gasteiger partial charge on any atom is -0.456 e. The molecule has 0 amide bonds. The Labute approximate surface area is 371 Å². The van der Waals surface area contributed by atoms with Gasteiger partial charge in [0.05, 0.1) is 22.1 Å². The molecule has 0 saturated heterocycles. The van der Waals surface area contributed by atoms with E-state index in [1.807, 2.05) is 6.07 Å². The molecule has 13 rings (SSSR count). The Morgan fingerprint density at radius 3 is 1.44 bits per heavy atom. The van der Waals surface area contributed by atoms with E-state index < -0.39 is 8.07 Å². The van der Waals surface area contributed by atoms with Crippen molar-refractivity contribution in [3.8, 4) is 22.5 Å². The summed E-state index contributed by atoms with van der Waals surface area (Å²) in [5, 5.41) is 12.6. The van der Waals surface area contributed by atoms with Crippen LogP contribution in [0.1, 0.15) is 0 Å². The van der Waals surface area contributed by atoms with Crippen molar-refractivity contribution < 1.29 is 4.42 Å². The summed E-state index contributed by atoms with van der Waals surface area (Å²) in [7, 11) is -2.84. The number of hydrogen-bond donors (Lipinski definition) is 0. The molecule has 13 aromatic rings. The van der Waals surface area contributed by atoms with Crippen molar-refractivity contribution in [3.05, 3.63) is 243 Å². The predicted molar refractivity (Wildman–Crippen MR) is 271 cm³/mol. The molecule has 10 aromatic carbocycles. The Kier molecular flexibility index (Phi) is 8.23. The molecule has 3 nitrogen and oxygen atoms in total. The molecule has 300 valence electrons. The van der Waals surface area contributed by atoms with Gasteiger partial charge >= 0.3 is 0 Å². The van der Waals surface area contributed by atoms with Crippen LogP contribution in [0.15, 0.2) is 247 Å². The minimum atomic E-state index is -2.84. The zero-order valence-corrected chi connectivity index (χ0v) is 35.9. The average molecular weight is 833 g/mol. The van der Waals surface area contributed by atoms with Gasteiger partial charge in [0.1, 0.15) is 11.2 Å². The molecular weight excluding hydrogens is 793 g/mol. The van der Waals surface area contributed by atoms with Gasteiger partial charge in [0.15, 0.2) is 8.07 Å². The van der Waals surface area contributed by atoms with E-state index in [9.17, 15) is 0 Å². The fourth-order valence-electron chi connectivity index (χ4n) is 10.7. The maximum atomic E-state index is 6.38. The fourth-order valence-corrected chi connectivity index (χ4v) is 15.4. The van der Waals surface area contributed by atoms with E-state index in [4.69, 9.17) is 4.42 Å². The summed E-state index contributed by atoms with van der Waals surface area (Å²) in [5.74, 6) is 0. The van der Waals surface area contributed by atoms with Gasteiger partial charge in [-0.1, -0.05) is 176 Å². The SMILES string of the molecule is c1ccc(-n2c3ccccc3c3cc(-c4ccc([Si](c5ccccc5)(c5ccccc5)c5ccc(-n6c7ccccc7c7c8c(ccc76)oc6ccccc68)cc5)cc4)ccc32)cc1. The van der Waals surface area contributed by atoms with E-state index >= 15 is 0 Å². The van der Waals surface area contributed by atoms with Gasteiger partial charge in [0.2, 0.25) is 0 Å². The smallest absolute Gasteiger partial charge is 0.179 e. The standard InChI is InChI=1S/C60H40N2OSi/c1-4-16-43(17-5-1)61-53-25-13-10-22-49(53)52-40-42(30-37-55(52)61)41-28-33-47(34-29-41)64(45-18-6-2-7-19-45,46-20-8-3-9-21-46)48-35-31-44(32-36-48)62-54-26-14-11-23-50(54)59-56(62)38-39-58-60(59)51-24-12-15-27-57(51)63-58/h1-40H. The number of aromatic nitrogens is 2. The van der Waals surface area contributed by atoms with Gasteiger partial charge in [-0.3, -0.25) is 0 Å². The summed E-state index contributed by atoms with van der Waals surface area (Å²) in [4.78, 5) is 0. The molecular formula is C60H40N2OSi. The Balaban J connectivity index is 0.973. The van der Waals surface area contributed by atoms with Crippen molar-refractivity contribution in [1.82, 2.24) is 9.13 Å². The normalized spacial score (nSPS) is 12.1. The van der Waals surface area contributed by atoms with E-state index in [0.717, 1.165) is 22.2 Å². The predicted octanol–water partition coefficient (Wildman–Crippen LogP) is 12.8. The second-order valence-electron chi connectivity index (χ2n) is 16.8. The van der Waals surface area contributed by atoms with Crippen LogP contribution < -0.4 is 20.7 Å². The molecule has 3 aromatic heterocycles. The van der Waals surface area contributed by atoms with Crippen molar-refractivity contribution in [2.24, 2.45) is 0 Å². The second-order valence-corrected chi connectivity index (χ2v) is 20.6. The molecule has 4 heteroatoms. The lowest BCUT2D eigenvalue weighted by molar-refractivity contribution is 0.669. The van der Waals surface area contributed by atoms with Crippen LogP contribution in [-0.2, 0) is 0 Å². The first-order valence-corrected chi connectivity index (χ1v) is 24.0. The van der Waals surface area contributed by atoms with Gasteiger partial charge in [0, 0.05) is 43.7 Å². The molecule has 0 fully saturated rings. The zero-order valence-electron chi connectivity index (χ0n) is 34.9. The van der Waals surface area contributed by atoms with Crippen molar-refractivity contribution >= 4 is 94.4 Å². The van der Waals surface area contributed by atoms with E-state index in [1.165, 1.54) is 86.6 Å². The van der Waals surface area contributed by atoms with E-state index in [-0.39, 0.29) is 0 Å². The Morgan fingerprint density at radius 2 is 0.750 bits per heavy atom. The first-order chi connectivity index (χ1) is 31.8. The lowest BCUT2D eigenvalue weighted by atomic mass is 10.0. The number of hydrogen-bond acceptors (Lipinski definition) is 1. The highest BCUT2D eigenvalue weighted by molar-refractivity contribution is 7.19. The minimum absolute atomic E-state index is 0.913. The third-order valence-corrected chi connectivity index (χ3v) is 18.3. The van der Waals surface area contributed by atoms with Gasteiger partial charge < -0.3 is 13.6 Å². The zero-order chi connectivity index (χ0) is 42.2. The number of rotatable bonds is 7. The quantitative estimate of drug-likeness (QED) is 0.116. The van der Waals surface area contributed by atoms with Crippen molar-refractivity contribution in [1.29, 1.82) is 0 Å². The summed E-state index contributed by atoms with van der Waals surface area (Å²) < 4.78 is 11.2. The molecule has 3 heterocycles. The molecule has 0 aliphatic heterocycles. The molecule has 0 aliphatic rings. The summed E-state index contributed by atoms with van der Waals surface area (Å²) in [6.07, 6.45) is 0.